The van der Waals surface area contributed by atoms with Crippen molar-refractivity contribution < 1.29 is 22.7 Å². The molecule has 5 nitrogen and oxygen atoms in total. The number of carbonyl (C=O) groups excluding carboxylic acids is 1. The van der Waals surface area contributed by atoms with E-state index in [9.17, 15) is 22.8 Å². The number of rotatable bonds is 5. The summed E-state index contributed by atoms with van der Waals surface area (Å²) in [6, 6.07) is 6.40. The molecular formula is C19H17F3N2O3. The molecule has 0 radical (unpaired) electrons. The Bertz CT molecular complexity index is 956. The number of hydrogen-bond acceptors (Lipinski definition) is 4. The number of aromatic amines is 1. The van der Waals surface area contributed by atoms with Crippen LogP contribution in [0.2, 0.25) is 0 Å². The normalized spacial score (nSPS) is 11.1. The topological polar surface area (TPSA) is 83.0 Å². The molecular weight excluding hydrogens is 361 g/mol. The summed E-state index contributed by atoms with van der Waals surface area (Å²) < 4.78 is 43.1. The largest absolute Gasteiger partial charge is 0.461 e. The molecule has 1 aromatic heterocycles. The summed E-state index contributed by atoms with van der Waals surface area (Å²) in [5.41, 5.74) is 0.672. The van der Waals surface area contributed by atoms with Crippen LogP contribution < -0.4 is 5.56 Å². The van der Waals surface area contributed by atoms with Crippen molar-refractivity contribution in [3.63, 3.8) is 0 Å². The van der Waals surface area contributed by atoms with Gasteiger partial charge in [-0.2, -0.15) is 18.4 Å². The van der Waals surface area contributed by atoms with Crippen LogP contribution in [0.4, 0.5) is 13.2 Å². The fraction of sp³-hybridized carbons (Fsp3) is 0.316. The molecule has 0 saturated carbocycles. The van der Waals surface area contributed by atoms with Gasteiger partial charge in [-0.3, -0.25) is 9.59 Å². The minimum atomic E-state index is -4.46. The number of pyridine rings is 1. The predicted molar refractivity (Wildman–Crippen MR) is 90.8 cm³/mol. The number of nitrogens with one attached hydrogen (secondary N) is 1. The van der Waals surface area contributed by atoms with Gasteiger partial charge in [0.25, 0.3) is 5.56 Å². The van der Waals surface area contributed by atoms with Crippen molar-refractivity contribution in [2.75, 3.05) is 0 Å². The molecule has 1 heterocycles. The molecule has 2 aromatic rings. The van der Waals surface area contributed by atoms with Crippen molar-refractivity contribution >= 4 is 5.97 Å². The third-order valence-electron chi connectivity index (χ3n) is 4.15. The van der Waals surface area contributed by atoms with Gasteiger partial charge in [0.1, 0.15) is 18.2 Å². The molecule has 0 bridgehead atoms. The van der Waals surface area contributed by atoms with E-state index in [0.717, 1.165) is 12.1 Å². The summed E-state index contributed by atoms with van der Waals surface area (Å²) in [7, 11) is 0. The molecule has 0 aliphatic heterocycles. The van der Waals surface area contributed by atoms with Crippen LogP contribution in [0.15, 0.2) is 29.1 Å². The fourth-order valence-corrected chi connectivity index (χ4v) is 2.72. The number of nitrogens with zero attached hydrogens (tertiary/aromatic N) is 1. The molecule has 0 spiro atoms. The van der Waals surface area contributed by atoms with Crippen LogP contribution in [-0.4, -0.2) is 11.0 Å². The average molecular weight is 378 g/mol. The Balaban J connectivity index is 2.00. The maximum Gasteiger partial charge on any atom is 0.416 e. The number of aryl methyl sites for hydroxylation is 1. The number of esters is 1. The Morgan fingerprint density at radius 1 is 1.30 bits per heavy atom. The van der Waals surface area contributed by atoms with Gasteiger partial charge in [-0.25, -0.2) is 0 Å². The van der Waals surface area contributed by atoms with Gasteiger partial charge in [-0.05, 0) is 49.1 Å². The van der Waals surface area contributed by atoms with E-state index in [-0.39, 0.29) is 30.6 Å². The lowest BCUT2D eigenvalue weighted by molar-refractivity contribution is -0.144. The number of aromatic nitrogens is 1. The number of hydrogen-bond donors (Lipinski definition) is 1. The Morgan fingerprint density at radius 3 is 2.63 bits per heavy atom. The number of carbonyl (C=O) groups is 1. The smallest absolute Gasteiger partial charge is 0.416 e. The molecule has 27 heavy (non-hydrogen) atoms. The van der Waals surface area contributed by atoms with Crippen LogP contribution in [0.3, 0.4) is 0 Å². The van der Waals surface area contributed by atoms with Crippen LogP contribution in [0.1, 0.15) is 39.9 Å². The Labute approximate surface area is 153 Å². The second-order valence-corrected chi connectivity index (χ2v) is 6.03. The van der Waals surface area contributed by atoms with E-state index < -0.39 is 23.3 Å². The summed E-state index contributed by atoms with van der Waals surface area (Å²) >= 11 is 0. The SMILES string of the molecule is Cc1[nH]c(=O)c(C#N)c(C)c1CCC(=O)OCc1cccc(C(F)(F)F)c1. The van der Waals surface area contributed by atoms with Crippen molar-refractivity contribution in [2.45, 2.75) is 39.5 Å². The molecule has 0 fully saturated rings. The van der Waals surface area contributed by atoms with Crippen LogP contribution >= 0.6 is 0 Å². The molecule has 0 amide bonds. The van der Waals surface area contributed by atoms with E-state index >= 15 is 0 Å². The van der Waals surface area contributed by atoms with E-state index in [4.69, 9.17) is 10.00 Å². The molecule has 0 saturated heterocycles. The number of benzene rings is 1. The van der Waals surface area contributed by atoms with E-state index in [1.54, 1.807) is 13.8 Å². The summed E-state index contributed by atoms with van der Waals surface area (Å²) in [4.78, 5) is 26.2. The van der Waals surface area contributed by atoms with Crippen molar-refractivity contribution in [1.29, 1.82) is 5.26 Å². The Kier molecular flexibility index (Phi) is 6.05. The van der Waals surface area contributed by atoms with Crippen molar-refractivity contribution in [2.24, 2.45) is 0 Å². The molecule has 1 aromatic carbocycles. The number of ether oxygens (including phenoxy) is 1. The van der Waals surface area contributed by atoms with Crippen molar-refractivity contribution in [1.82, 2.24) is 4.98 Å². The average Bonchev–Trinajstić information content (AvgIpc) is 2.59. The fourth-order valence-electron chi connectivity index (χ4n) is 2.72. The van der Waals surface area contributed by atoms with E-state index in [2.05, 4.69) is 4.98 Å². The molecule has 0 aliphatic rings. The lowest BCUT2D eigenvalue weighted by atomic mass is 9.99. The maximum atomic E-state index is 12.7. The Morgan fingerprint density at radius 2 is 2.00 bits per heavy atom. The van der Waals surface area contributed by atoms with Gasteiger partial charge in [-0.1, -0.05) is 12.1 Å². The highest BCUT2D eigenvalue weighted by molar-refractivity contribution is 5.70. The quantitative estimate of drug-likeness (QED) is 0.807. The summed E-state index contributed by atoms with van der Waals surface area (Å²) in [5, 5.41) is 9.04. The summed E-state index contributed by atoms with van der Waals surface area (Å²) in [5.74, 6) is -0.587. The molecule has 8 heteroatoms. The van der Waals surface area contributed by atoms with Crippen LogP contribution in [0.25, 0.3) is 0 Å². The highest BCUT2D eigenvalue weighted by atomic mass is 19.4. The zero-order valence-electron chi connectivity index (χ0n) is 14.7. The lowest BCUT2D eigenvalue weighted by Crippen LogP contribution is -2.17. The first kappa shape index (κ1) is 20.2. The molecule has 142 valence electrons. The molecule has 0 aliphatic carbocycles. The minimum Gasteiger partial charge on any atom is -0.461 e. The van der Waals surface area contributed by atoms with Crippen LogP contribution in [0, 0.1) is 25.2 Å². The van der Waals surface area contributed by atoms with Crippen molar-refractivity contribution in [3.8, 4) is 6.07 Å². The van der Waals surface area contributed by atoms with E-state index in [1.165, 1.54) is 12.1 Å². The molecule has 2 rings (SSSR count). The molecule has 1 N–H and O–H groups in total. The first-order valence-corrected chi connectivity index (χ1v) is 8.07. The number of H-pyrrole nitrogens is 1. The predicted octanol–water partition coefficient (Wildman–Crippen LogP) is 3.56. The van der Waals surface area contributed by atoms with Gasteiger partial charge in [0.15, 0.2) is 0 Å². The van der Waals surface area contributed by atoms with Gasteiger partial charge >= 0.3 is 12.1 Å². The van der Waals surface area contributed by atoms with Gasteiger partial charge in [-0.15, -0.1) is 0 Å². The minimum absolute atomic E-state index is 0.00654. The maximum absolute atomic E-state index is 12.7. The van der Waals surface area contributed by atoms with Crippen molar-refractivity contribution in [3.05, 3.63) is 68.1 Å². The van der Waals surface area contributed by atoms with Gasteiger partial charge < -0.3 is 9.72 Å². The summed E-state index contributed by atoms with van der Waals surface area (Å²) in [6.07, 6.45) is -4.25. The number of alkyl halides is 3. The van der Waals surface area contributed by atoms with Crippen LogP contribution in [-0.2, 0) is 28.7 Å². The summed E-state index contributed by atoms with van der Waals surface area (Å²) in [6.45, 7) is 3.03. The van der Waals surface area contributed by atoms with E-state index in [1.807, 2.05) is 6.07 Å². The zero-order chi connectivity index (χ0) is 20.2. The van der Waals surface area contributed by atoms with Gasteiger partial charge in [0.05, 0.1) is 5.56 Å². The molecule has 0 atom stereocenters. The lowest BCUT2D eigenvalue weighted by Gasteiger charge is -2.11. The third kappa shape index (κ3) is 4.97. The number of nitriles is 1. The second kappa shape index (κ2) is 8.08. The highest BCUT2D eigenvalue weighted by Crippen LogP contribution is 2.29. The standard InChI is InChI=1S/C19H17F3N2O3/c1-11-15(12(2)24-18(26)16(11)9-23)6-7-17(25)27-10-13-4-3-5-14(8-13)19(20,21)22/h3-5,8H,6-7,10H2,1-2H3,(H,24,26). The molecule has 0 unspecified atom stereocenters. The third-order valence-corrected chi connectivity index (χ3v) is 4.15. The van der Waals surface area contributed by atoms with Gasteiger partial charge in [0.2, 0.25) is 0 Å². The monoisotopic (exact) mass is 378 g/mol. The Hall–Kier alpha value is -3.08. The van der Waals surface area contributed by atoms with Crippen LogP contribution in [0.5, 0.6) is 0 Å². The first-order chi connectivity index (χ1) is 12.6. The van der Waals surface area contributed by atoms with Gasteiger partial charge in [0, 0.05) is 12.1 Å². The number of halogens is 3. The first-order valence-electron chi connectivity index (χ1n) is 8.07. The highest BCUT2D eigenvalue weighted by Gasteiger charge is 2.30. The zero-order valence-corrected chi connectivity index (χ0v) is 14.7. The second-order valence-electron chi connectivity index (χ2n) is 6.03. The van der Waals surface area contributed by atoms with E-state index in [0.29, 0.717) is 16.8 Å².